The third kappa shape index (κ3) is 4.68. The van der Waals surface area contributed by atoms with Crippen LogP contribution in [0, 0.1) is 0 Å². The molecule has 0 aromatic rings. The van der Waals surface area contributed by atoms with Crippen molar-refractivity contribution in [2.45, 2.75) is 12.2 Å². The summed E-state index contributed by atoms with van der Waals surface area (Å²) in [4.78, 5) is 8.68. The first-order valence-electron chi connectivity index (χ1n) is 1.62. The molecule has 0 aromatic carbocycles. The Hall–Kier alpha value is 0.684. The van der Waals surface area contributed by atoms with Crippen LogP contribution in [-0.2, 0) is 0 Å². The fourth-order valence-electron chi connectivity index (χ4n) is 0. The molecule has 0 saturated heterocycles. The minimum absolute atomic E-state index is 0.536. The Labute approximate surface area is 46.6 Å². The molecule has 1 unspecified atom stereocenters. The van der Waals surface area contributed by atoms with Crippen molar-refractivity contribution in [3.63, 3.8) is 0 Å². The summed E-state index contributed by atoms with van der Waals surface area (Å²) in [6.07, 6.45) is 0. The molecule has 0 heterocycles. The van der Waals surface area contributed by atoms with E-state index >= 15 is 0 Å². The van der Waals surface area contributed by atoms with Crippen LogP contribution in [0.1, 0.15) is 0 Å². The standard InChI is InChI=1S/C2H6ClOSi2/c1-6(3,4)2-5/h4H,2H2,1H3. The third-order valence-electron chi connectivity index (χ3n) is 0.323. The second kappa shape index (κ2) is 2.11. The fraction of sp³-hybridized carbons (Fsp3) is 1.00. The molecular formula is C2H6ClOSi2. The SMILES string of the molecule is C[Si](O)(Cl)C[Si]. The van der Waals surface area contributed by atoms with Gasteiger partial charge in [-0.15, -0.1) is 11.1 Å². The van der Waals surface area contributed by atoms with Crippen molar-refractivity contribution >= 4 is 28.9 Å². The molecule has 0 rings (SSSR count). The van der Waals surface area contributed by atoms with Gasteiger partial charge in [0.05, 0.1) is 0 Å². The summed E-state index contributed by atoms with van der Waals surface area (Å²) >= 11 is 5.36. The van der Waals surface area contributed by atoms with Gasteiger partial charge in [-0.2, -0.15) is 0 Å². The highest BCUT2D eigenvalue weighted by molar-refractivity contribution is 7.17. The molecule has 0 spiro atoms. The maximum Gasteiger partial charge on any atom is 0.281 e. The second-order valence-corrected chi connectivity index (χ2v) is 7.46. The van der Waals surface area contributed by atoms with Crippen LogP contribution in [0.5, 0.6) is 0 Å². The maximum absolute atomic E-state index is 8.68. The fourth-order valence-corrected chi connectivity index (χ4v) is 0. The molecule has 0 amide bonds. The summed E-state index contributed by atoms with van der Waals surface area (Å²) in [5.41, 5.74) is 0.536. The van der Waals surface area contributed by atoms with Crippen molar-refractivity contribution in [2.24, 2.45) is 0 Å². The minimum atomic E-state index is -2.25. The van der Waals surface area contributed by atoms with Crippen molar-refractivity contribution < 1.29 is 4.80 Å². The van der Waals surface area contributed by atoms with Crippen LogP contribution in [0.25, 0.3) is 0 Å². The molecular weight excluding hydrogens is 132 g/mol. The van der Waals surface area contributed by atoms with Gasteiger partial charge in [0.1, 0.15) is 0 Å². The van der Waals surface area contributed by atoms with Crippen LogP contribution >= 0.6 is 11.1 Å². The lowest BCUT2D eigenvalue weighted by molar-refractivity contribution is 0.574. The van der Waals surface area contributed by atoms with Gasteiger partial charge in [-0.05, 0) is 12.2 Å². The highest BCUT2D eigenvalue weighted by Crippen LogP contribution is 2.04. The first-order valence-corrected chi connectivity index (χ1v) is 5.99. The predicted molar refractivity (Wildman–Crippen MR) is 30.3 cm³/mol. The molecule has 0 aromatic heterocycles. The largest absolute Gasteiger partial charge is 0.420 e. The summed E-state index contributed by atoms with van der Waals surface area (Å²) in [5.74, 6) is 0. The summed E-state index contributed by atoms with van der Waals surface area (Å²) in [7, 11) is 0.847. The number of hydrogen-bond acceptors (Lipinski definition) is 1. The molecule has 6 heavy (non-hydrogen) atoms. The normalized spacial score (nSPS) is 20.0. The van der Waals surface area contributed by atoms with E-state index in [1.807, 2.05) is 0 Å². The molecule has 0 saturated carbocycles. The summed E-state index contributed by atoms with van der Waals surface area (Å²) < 4.78 is 0. The Balaban J connectivity index is 3.17. The van der Waals surface area contributed by atoms with Crippen LogP contribution in [0.4, 0.5) is 0 Å². The highest BCUT2D eigenvalue weighted by Gasteiger charge is 2.15. The van der Waals surface area contributed by atoms with Gasteiger partial charge in [0, 0.05) is 10.2 Å². The lowest BCUT2D eigenvalue weighted by Gasteiger charge is -2.03. The molecule has 0 aliphatic rings. The number of halogens is 1. The van der Waals surface area contributed by atoms with E-state index in [0.29, 0.717) is 5.67 Å². The zero-order valence-electron chi connectivity index (χ0n) is 3.53. The van der Waals surface area contributed by atoms with Gasteiger partial charge in [0.15, 0.2) is 0 Å². The lowest BCUT2D eigenvalue weighted by atomic mass is 11.8. The van der Waals surface area contributed by atoms with Crippen molar-refractivity contribution in [1.29, 1.82) is 0 Å². The minimum Gasteiger partial charge on any atom is -0.420 e. The Morgan fingerprint density at radius 2 is 2.17 bits per heavy atom. The van der Waals surface area contributed by atoms with E-state index in [1.54, 1.807) is 6.55 Å². The van der Waals surface area contributed by atoms with E-state index in [4.69, 9.17) is 15.9 Å². The van der Waals surface area contributed by atoms with Crippen molar-refractivity contribution in [1.82, 2.24) is 0 Å². The predicted octanol–water partition coefficient (Wildman–Crippen LogP) is 0.415. The van der Waals surface area contributed by atoms with Crippen LogP contribution in [-0.4, -0.2) is 22.7 Å². The number of rotatable bonds is 1. The van der Waals surface area contributed by atoms with Crippen LogP contribution in [0.15, 0.2) is 0 Å². The molecule has 1 N–H and O–H groups in total. The van der Waals surface area contributed by atoms with Crippen molar-refractivity contribution in [3.05, 3.63) is 0 Å². The summed E-state index contributed by atoms with van der Waals surface area (Å²) in [6, 6.07) is 0. The van der Waals surface area contributed by atoms with E-state index in [2.05, 4.69) is 10.2 Å². The Bertz CT molecular complexity index is 41.3. The molecule has 4 heteroatoms. The van der Waals surface area contributed by atoms with Gasteiger partial charge in [0.25, 0.3) is 7.63 Å². The monoisotopic (exact) mass is 137 g/mol. The van der Waals surface area contributed by atoms with E-state index in [9.17, 15) is 0 Å². The molecule has 3 radical (unpaired) electrons. The molecule has 1 atom stereocenters. The molecule has 35 valence electrons. The van der Waals surface area contributed by atoms with Gasteiger partial charge in [-0.1, -0.05) is 0 Å². The Morgan fingerprint density at radius 1 is 2.00 bits per heavy atom. The van der Waals surface area contributed by atoms with E-state index < -0.39 is 7.63 Å². The van der Waals surface area contributed by atoms with Gasteiger partial charge in [-0.25, -0.2) is 0 Å². The van der Waals surface area contributed by atoms with Gasteiger partial charge in [-0.3, -0.25) is 0 Å². The molecule has 0 fully saturated rings. The van der Waals surface area contributed by atoms with Crippen LogP contribution < -0.4 is 0 Å². The van der Waals surface area contributed by atoms with Gasteiger partial charge in [0.2, 0.25) is 0 Å². The smallest absolute Gasteiger partial charge is 0.281 e. The highest BCUT2D eigenvalue weighted by atomic mass is 35.6. The Morgan fingerprint density at radius 3 is 2.17 bits per heavy atom. The molecule has 1 nitrogen and oxygen atoms in total. The number of hydrogen-bond donors (Lipinski definition) is 1. The Kier molecular flexibility index (Phi) is 2.35. The lowest BCUT2D eigenvalue weighted by Crippen LogP contribution is -2.20. The van der Waals surface area contributed by atoms with E-state index in [0.717, 1.165) is 0 Å². The van der Waals surface area contributed by atoms with E-state index in [-0.39, 0.29) is 0 Å². The topological polar surface area (TPSA) is 20.2 Å². The van der Waals surface area contributed by atoms with Crippen molar-refractivity contribution in [3.8, 4) is 0 Å². The zero-order chi connectivity index (χ0) is 5.21. The van der Waals surface area contributed by atoms with Gasteiger partial charge >= 0.3 is 0 Å². The first kappa shape index (κ1) is 6.68. The maximum atomic E-state index is 8.68. The average Bonchev–Trinajstić information content (AvgIpc) is 1.35. The molecule has 0 bridgehead atoms. The van der Waals surface area contributed by atoms with Crippen LogP contribution in [0.3, 0.4) is 0 Å². The van der Waals surface area contributed by atoms with Gasteiger partial charge < -0.3 is 4.80 Å². The quantitative estimate of drug-likeness (QED) is 0.410. The zero-order valence-corrected chi connectivity index (χ0v) is 6.29. The molecule has 0 aliphatic heterocycles. The average molecular weight is 138 g/mol. The third-order valence-corrected chi connectivity index (χ3v) is 4.11. The van der Waals surface area contributed by atoms with Crippen LogP contribution in [0.2, 0.25) is 12.2 Å². The van der Waals surface area contributed by atoms with E-state index in [1.165, 1.54) is 0 Å². The second-order valence-electron chi connectivity index (χ2n) is 1.32. The summed E-state index contributed by atoms with van der Waals surface area (Å²) in [5, 5.41) is 0. The molecule has 0 aliphatic carbocycles. The summed E-state index contributed by atoms with van der Waals surface area (Å²) in [6.45, 7) is 1.65. The van der Waals surface area contributed by atoms with Crippen molar-refractivity contribution in [2.75, 3.05) is 0 Å². The first-order chi connectivity index (χ1) is 2.56.